The van der Waals surface area contributed by atoms with Crippen molar-refractivity contribution in [1.82, 2.24) is 19.8 Å². The maximum atomic E-state index is 13.4. The monoisotopic (exact) mass is 370 g/mol. The summed E-state index contributed by atoms with van der Waals surface area (Å²) in [7, 11) is 0. The number of rotatable bonds is 2. The van der Waals surface area contributed by atoms with Crippen molar-refractivity contribution in [3.8, 4) is 0 Å². The third kappa shape index (κ3) is 3.46. The third-order valence-corrected chi connectivity index (χ3v) is 6.61. The molecule has 1 aromatic heterocycles. The van der Waals surface area contributed by atoms with E-state index in [1.807, 2.05) is 18.7 Å². The minimum Gasteiger partial charge on any atom is -0.339 e. The fraction of sp³-hybridized carbons (Fsp3) is 0.714. The Bertz CT molecular complexity index is 723. The number of nitrogens with zero attached hydrogens (tertiary/aromatic N) is 4. The number of amides is 2. The summed E-state index contributed by atoms with van der Waals surface area (Å²) >= 11 is 0. The van der Waals surface area contributed by atoms with E-state index in [4.69, 9.17) is 0 Å². The summed E-state index contributed by atoms with van der Waals surface area (Å²) in [6.45, 7) is 5.76. The molecule has 1 aliphatic carbocycles. The molecule has 6 nitrogen and oxygen atoms in total. The molecule has 0 radical (unpaired) electrons. The van der Waals surface area contributed by atoms with E-state index in [0.717, 1.165) is 44.3 Å². The number of piperidine rings is 1. The molecule has 2 saturated heterocycles. The van der Waals surface area contributed by atoms with Crippen molar-refractivity contribution in [2.45, 2.75) is 71.3 Å². The highest BCUT2D eigenvalue weighted by atomic mass is 16.2. The van der Waals surface area contributed by atoms with Gasteiger partial charge in [-0.2, -0.15) is 0 Å². The summed E-state index contributed by atoms with van der Waals surface area (Å²) in [6, 6.07) is 2.16. The maximum Gasteiger partial charge on any atom is 0.272 e. The molecule has 0 unspecified atom stereocenters. The summed E-state index contributed by atoms with van der Waals surface area (Å²) in [5, 5.41) is 0. The molecular formula is C21H30N4O2. The van der Waals surface area contributed by atoms with Crippen LogP contribution in [0.1, 0.15) is 73.4 Å². The minimum absolute atomic E-state index is 0.0666. The SMILES string of the molecule is Cc1cc(C(=O)N2CC[C@]3(CCCN(C4CCCCC4)C3=O)C2)nc(C)n1. The Hall–Kier alpha value is -1.98. The van der Waals surface area contributed by atoms with Gasteiger partial charge in [0.15, 0.2) is 0 Å². The molecule has 0 N–H and O–H groups in total. The summed E-state index contributed by atoms with van der Waals surface area (Å²) in [5.74, 6) is 0.846. The molecule has 0 bridgehead atoms. The van der Waals surface area contributed by atoms with E-state index in [2.05, 4.69) is 14.9 Å². The summed E-state index contributed by atoms with van der Waals surface area (Å²) < 4.78 is 0. The summed E-state index contributed by atoms with van der Waals surface area (Å²) in [6.07, 6.45) is 8.79. The number of carbonyl (C=O) groups is 2. The van der Waals surface area contributed by atoms with Crippen molar-refractivity contribution < 1.29 is 9.59 Å². The first-order chi connectivity index (χ1) is 13.0. The molecular weight excluding hydrogens is 340 g/mol. The second-order valence-corrected chi connectivity index (χ2v) is 8.59. The Labute approximate surface area is 161 Å². The molecule has 1 aromatic rings. The number of carbonyl (C=O) groups excluding carboxylic acids is 2. The molecule has 2 aliphatic heterocycles. The highest BCUT2D eigenvalue weighted by Crippen LogP contribution is 2.42. The second kappa shape index (κ2) is 7.21. The number of likely N-dealkylation sites (tertiary alicyclic amines) is 2. The molecule has 0 aromatic carbocycles. The van der Waals surface area contributed by atoms with Gasteiger partial charge in [0.1, 0.15) is 11.5 Å². The van der Waals surface area contributed by atoms with Crippen LogP contribution in [-0.2, 0) is 4.79 Å². The zero-order chi connectivity index (χ0) is 19.0. The fourth-order valence-corrected chi connectivity index (χ4v) is 5.25. The van der Waals surface area contributed by atoms with Gasteiger partial charge < -0.3 is 9.80 Å². The normalized spacial score (nSPS) is 26.8. The lowest BCUT2D eigenvalue weighted by atomic mass is 9.77. The first-order valence-corrected chi connectivity index (χ1v) is 10.4. The van der Waals surface area contributed by atoms with E-state index in [1.54, 1.807) is 6.07 Å². The van der Waals surface area contributed by atoms with E-state index >= 15 is 0 Å². The molecule has 146 valence electrons. The fourth-order valence-electron chi connectivity index (χ4n) is 5.25. The minimum atomic E-state index is -0.373. The molecule has 1 spiro atoms. The van der Waals surface area contributed by atoms with Gasteiger partial charge in [-0.3, -0.25) is 9.59 Å². The van der Waals surface area contributed by atoms with Gasteiger partial charge in [-0.25, -0.2) is 9.97 Å². The lowest BCUT2D eigenvalue weighted by Gasteiger charge is -2.44. The molecule has 1 atom stereocenters. The predicted molar refractivity (Wildman–Crippen MR) is 102 cm³/mol. The van der Waals surface area contributed by atoms with Crippen LogP contribution >= 0.6 is 0 Å². The van der Waals surface area contributed by atoms with Crippen molar-refractivity contribution in [3.63, 3.8) is 0 Å². The average Bonchev–Trinajstić information content (AvgIpc) is 3.08. The van der Waals surface area contributed by atoms with E-state index in [-0.39, 0.29) is 11.3 Å². The van der Waals surface area contributed by atoms with Crippen LogP contribution in [0.5, 0.6) is 0 Å². The van der Waals surface area contributed by atoms with Crippen LogP contribution in [0.4, 0.5) is 0 Å². The number of hydrogen-bond donors (Lipinski definition) is 0. The van der Waals surface area contributed by atoms with Gasteiger partial charge in [0.05, 0.1) is 5.41 Å². The van der Waals surface area contributed by atoms with E-state index in [9.17, 15) is 9.59 Å². The molecule has 6 heteroatoms. The zero-order valence-electron chi connectivity index (χ0n) is 16.5. The quantitative estimate of drug-likeness (QED) is 0.803. The third-order valence-electron chi connectivity index (χ3n) is 6.61. The number of aromatic nitrogens is 2. The van der Waals surface area contributed by atoms with Crippen LogP contribution in [0, 0.1) is 19.3 Å². The van der Waals surface area contributed by atoms with Crippen LogP contribution in [-0.4, -0.2) is 57.3 Å². The van der Waals surface area contributed by atoms with Gasteiger partial charge in [-0.15, -0.1) is 0 Å². The van der Waals surface area contributed by atoms with Crippen LogP contribution in [0.3, 0.4) is 0 Å². The van der Waals surface area contributed by atoms with Crippen molar-refractivity contribution >= 4 is 11.8 Å². The Morgan fingerprint density at radius 1 is 1.07 bits per heavy atom. The van der Waals surface area contributed by atoms with Gasteiger partial charge in [0, 0.05) is 31.4 Å². The van der Waals surface area contributed by atoms with Gasteiger partial charge in [0.2, 0.25) is 5.91 Å². The van der Waals surface area contributed by atoms with E-state index < -0.39 is 0 Å². The van der Waals surface area contributed by atoms with Gasteiger partial charge in [-0.05, 0) is 52.0 Å². The summed E-state index contributed by atoms with van der Waals surface area (Å²) in [4.78, 5) is 39.0. The van der Waals surface area contributed by atoms with Crippen LogP contribution in [0.2, 0.25) is 0 Å². The van der Waals surface area contributed by atoms with Crippen molar-refractivity contribution in [3.05, 3.63) is 23.3 Å². The Balaban J connectivity index is 1.50. The van der Waals surface area contributed by atoms with Crippen molar-refractivity contribution in [2.24, 2.45) is 5.41 Å². The zero-order valence-corrected chi connectivity index (χ0v) is 16.5. The van der Waals surface area contributed by atoms with Crippen LogP contribution in [0.25, 0.3) is 0 Å². The van der Waals surface area contributed by atoms with E-state index in [0.29, 0.717) is 36.6 Å². The molecule has 3 aliphatic rings. The second-order valence-electron chi connectivity index (χ2n) is 8.59. The highest BCUT2D eigenvalue weighted by molar-refractivity contribution is 5.94. The molecule has 2 amide bonds. The first-order valence-electron chi connectivity index (χ1n) is 10.4. The number of hydrogen-bond acceptors (Lipinski definition) is 4. The molecule has 3 fully saturated rings. The average molecular weight is 370 g/mol. The predicted octanol–water partition coefficient (Wildman–Crippen LogP) is 2.88. The largest absolute Gasteiger partial charge is 0.339 e. The van der Waals surface area contributed by atoms with Crippen LogP contribution < -0.4 is 0 Å². The maximum absolute atomic E-state index is 13.4. The molecule has 1 saturated carbocycles. The van der Waals surface area contributed by atoms with Crippen molar-refractivity contribution in [2.75, 3.05) is 19.6 Å². The van der Waals surface area contributed by atoms with Crippen molar-refractivity contribution in [1.29, 1.82) is 0 Å². The standard InChI is InChI=1S/C21H30N4O2/c1-15-13-18(23-16(2)22-15)19(26)24-12-10-21(14-24)9-6-11-25(20(21)27)17-7-4-3-5-8-17/h13,17H,3-12,14H2,1-2H3/t21-/m1/s1. The molecule has 27 heavy (non-hydrogen) atoms. The van der Waals surface area contributed by atoms with Gasteiger partial charge >= 0.3 is 0 Å². The Kier molecular flexibility index (Phi) is 4.91. The molecule has 4 rings (SSSR count). The lowest BCUT2D eigenvalue weighted by molar-refractivity contribution is -0.149. The Morgan fingerprint density at radius 3 is 2.59 bits per heavy atom. The van der Waals surface area contributed by atoms with E-state index in [1.165, 1.54) is 19.3 Å². The Morgan fingerprint density at radius 2 is 1.85 bits per heavy atom. The first kappa shape index (κ1) is 18.4. The lowest BCUT2D eigenvalue weighted by Crippen LogP contribution is -2.54. The summed E-state index contributed by atoms with van der Waals surface area (Å²) in [5.41, 5.74) is 0.879. The molecule has 3 heterocycles. The smallest absolute Gasteiger partial charge is 0.272 e. The van der Waals surface area contributed by atoms with Gasteiger partial charge in [0.25, 0.3) is 5.91 Å². The van der Waals surface area contributed by atoms with Gasteiger partial charge in [-0.1, -0.05) is 19.3 Å². The number of aryl methyl sites for hydroxylation is 2. The topological polar surface area (TPSA) is 66.4 Å². The highest BCUT2D eigenvalue weighted by Gasteiger charge is 2.50. The van der Waals surface area contributed by atoms with Crippen LogP contribution in [0.15, 0.2) is 6.07 Å².